The molecule has 0 unspecified atom stereocenters. The van der Waals surface area contributed by atoms with Gasteiger partial charge in [0.1, 0.15) is 11.4 Å². The highest BCUT2D eigenvalue weighted by molar-refractivity contribution is 7.89. The third kappa shape index (κ3) is 4.51. The van der Waals surface area contributed by atoms with Crippen molar-refractivity contribution in [3.05, 3.63) is 12.4 Å². The average molecular weight is 316 g/mol. The highest BCUT2D eigenvalue weighted by atomic mass is 32.2. The van der Waals surface area contributed by atoms with Gasteiger partial charge in [-0.15, -0.1) is 0 Å². The number of carboxylic acid groups (broad SMARTS) is 1. The SMILES string of the molecule is CCN(CCNS(=O)(=O)c1cnn(CC(=O)O)c1)C1CC1. The van der Waals surface area contributed by atoms with Gasteiger partial charge in [-0.25, -0.2) is 13.1 Å². The van der Waals surface area contributed by atoms with E-state index in [0.717, 1.165) is 17.4 Å². The molecule has 1 aliphatic rings. The summed E-state index contributed by atoms with van der Waals surface area (Å²) in [6, 6.07) is 0.595. The molecule has 0 amide bonds. The van der Waals surface area contributed by atoms with Crippen LogP contribution in [-0.4, -0.2) is 59.9 Å². The van der Waals surface area contributed by atoms with Crippen molar-refractivity contribution in [1.82, 2.24) is 19.4 Å². The van der Waals surface area contributed by atoms with Gasteiger partial charge in [-0.2, -0.15) is 5.10 Å². The first kappa shape index (κ1) is 15.9. The topological polar surface area (TPSA) is 105 Å². The highest BCUT2D eigenvalue weighted by Crippen LogP contribution is 2.25. The lowest BCUT2D eigenvalue weighted by Gasteiger charge is -2.19. The first-order valence-electron chi connectivity index (χ1n) is 6.90. The normalized spacial score (nSPS) is 15.5. The number of carbonyl (C=O) groups is 1. The van der Waals surface area contributed by atoms with E-state index in [4.69, 9.17) is 5.11 Å². The van der Waals surface area contributed by atoms with Gasteiger partial charge in [0.2, 0.25) is 10.0 Å². The van der Waals surface area contributed by atoms with Gasteiger partial charge in [0.25, 0.3) is 0 Å². The zero-order valence-electron chi connectivity index (χ0n) is 11.9. The minimum absolute atomic E-state index is 0.0155. The molecule has 2 N–H and O–H groups in total. The zero-order chi connectivity index (χ0) is 15.5. The van der Waals surface area contributed by atoms with Gasteiger partial charge in [0, 0.05) is 25.3 Å². The van der Waals surface area contributed by atoms with Crippen molar-refractivity contribution >= 4 is 16.0 Å². The first-order chi connectivity index (χ1) is 9.92. The van der Waals surface area contributed by atoms with Crippen molar-refractivity contribution in [2.24, 2.45) is 0 Å². The first-order valence-corrected chi connectivity index (χ1v) is 8.38. The largest absolute Gasteiger partial charge is 0.480 e. The molecule has 0 aromatic carbocycles. The summed E-state index contributed by atoms with van der Waals surface area (Å²) in [5.74, 6) is -1.07. The fourth-order valence-electron chi connectivity index (χ4n) is 2.15. The Morgan fingerprint density at radius 2 is 2.29 bits per heavy atom. The third-order valence-electron chi connectivity index (χ3n) is 3.38. The van der Waals surface area contributed by atoms with Crippen molar-refractivity contribution in [2.45, 2.75) is 37.2 Å². The van der Waals surface area contributed by atoms with Crippen LogP contribution in [0, 0.1) is 0 Å². The lowest BCUT2D eigenvalue weighted by atomic mass is 10.4. The molecule has 0 atom stereocenters. The zero-order valence-corrected chi connectivity index (χ0v) is 12.7. The van der Waals surface area contributed by atoms with Gasteiger partial charge in [-0.1, -0.05) is 6.92 Å². The molecule has 1 aliphatic carbocycles. The summed E-state index contributed by atoms with van der Waals surface area (Å²) in [5.41, 5.74) is 0. The summed E-state index contributed by atoms with van der Waals surface area (Å²) in [6.07, 6.45) is 4.74. The lowest BCUT2D eigenvalue weighted by Crippen LogP contribution is -2.36. The smallest absolute Gasteiger partial charge is 0.325 e. The number of nitrogens with one attached hydrogen (secondary N) is 1. The van der Waals surface area contributed by atoms with Crippen LogP contribution in [0.3, 0.4) is 0 Å². The molecule has 118 valence electrons. The van der Waals surface area contributed by atoms with E-state index >= 15 is 0 Å². The summed E-state index contributed by atoms with van der Waals surface area (Å²) in [4.78, 5) is 12.8. The molecule has 0 aliphatic heterocycles. The van der Waals surface area contributed by atoms with E-state index in [1.807, 2.05) is 0 Å². The van der Waals surface area contributed by atoms with Crippen LogP contribution in [0.1, 0.15) is 19.8 Å². The summed E-state index contributed by atoms with van der Waals surface area (Å²) in [7, 11) is -3.64. The van der Waals surface area contributed by atoms with Gasteiger partial charge in [-0.05, 0) is 19.4 Å². The molecule has 0 saturated heterocycles. The monoisotopic (exact) mass is 316 g/mol. The Balaban J connectivity index is 1.88. The molecule has 2 rings (SSSR count). The van der Waals surface area contributed by atoms with Crippen LogP contribution in [-0.2, 0) is 21.4 Å². The predicted molar refractivity (Wildman–Crippen MR) is 75.3 cm³/mol. The van der Waals surface area contributed by atoms with Crippen LogP contribution in [0.4, 0.5) is 0 Å². The van der Waals surface area contributed by atoms with Crippen LogP contribution in [0.2, 0.25) is 0 Å². The van der Waals surface area contributed by atoms with Crippen LogP contribution in [0.25, 0.3) is 0 Å². The molecule has 1 saturated carbocycles. The van der Waals surface area contributed by atoms with E-state index in [1.54, 1.807) is 0 Å². The van der Waals surface area contributed by atoms with E-state index in [1.165, 1.54) is 19.0 Å². The maximum Gasteiger partial charge on any atom is 0.325 e. The van der Waals surface area contributed by atoms with E-state index in [-0.39, 0.29) is 11.4 Å². The van der Waals surface area contributed by atoms with E-state index in [2.05, 4.69) is 21.6 Å². The second-order valence-electron chi connectivity index (χ2n) is 5.02. The fraction of sp³-hybridized carbons (Fsp3) is 0.667. The maximum absolute atomic E-state index is 12.1. The molecule has 1 heterocycles. The predicted octanol–water partition coefficient (Wildman–Crippen LogP) is -0.270. The lowest BCUT2D eigenvalue weighted by molar-refractivity contribution is -0.137. The molecule has 0 radical (unpaired) electrons. The quantitative estimate of drug-likeness (QED) is 0.650. The Bertz CT molecular complexity index is 594. The molecule has 9 heteroatoms. The average Bonchev–Trinajstić information content (AvgIpc) is 3.13. The molecule has 1 fully saturated rings. The summed E-state index contributed by atoms with van der Waals surface area (Å²) in [5, 5.41) is 12.4. The number of aliphatic carboxylic acids is 1. The number of aromatic nitrogens is 2. The molecule has 0 bridgehead atoms. The van der Waals surface area contributed by atoms with E-state index < -0.39 is 16.0 Å². The Kier molecular flexibility index (Phi) is 4.96. The van der Waals surface area contributed by atoms with Gasteiger partial charge >= 0.3 is 5.97 Å². The minimum atomic E-state index is -3.64. The number of hydrogen-bond donors (Lipinski definition) is 2. The molecule has 1 aromatic heterocycles. The van der Waals surface area contributed by atoms with Gasteiger partial charge in [-0.3, -0.25) is 14.4 Å². The van der Waals surface area contributed by atoms with Gasteiger partial charge in [0.15, 0.2) is 0 Å². The van der Waals surface area contributed by atoms with Gasteiger partial charge < -0.3 is 5.11 Å². The maximum atomic E-state index is 12.1. The molecule has 0 spiro atoms. The Morgan fingerprint density at radius 1 is 1.57 bits per heavy atom. The number of likely N-dealkylation sites (N-methyl/N-ethyl adjacent to an activating group) is 1. The van der Waals surface area contributed by atoms with Crippen LogP contribution in [0.15, 0.2) is 17.3 Å². The molecule has 8 nitrogen and oxygen atoms in total. The van der Waals surface area contributed by atoms with Crippen molar-refractivity contribution in [1.29, 1.82) is 0 Å². The highest BCUT2D eigenvalue weighted by Gasteiger charge is 2.27. The summed E-state index contributed by atoms with van der Waals surface area (Å²) < 4.78 is 27.7. The third-order valence-corrected chi connectivity index (χ3v) is 4.79. The number of sulfonamides is 1. The van der Waals surface area contributed by atoms with Crippen molar-refractivity contribution < 1.29 is 18.3 Å². The van der Waals surface area contributed by atoms with E-state index in [9.17, 15) is 13.2 Å². The molecule has 21 heavy (non-hydrogen) atoms. The standard InChI is InChI=1S/C12H20N4O4S/c1-2-15(10-3-4-10)6-5-14-21(19,20)11-7-13-16(8-11)9-12(17)18/h7-8,10,14H,2-6,9H2,1H3,(H,17,18). The van der Waals surface area contributed by atoms with Gasteiger partial charge in [0.05, 0.1) is 6.20 Å². The van der Waals surface area contributed by atoms with Crippen molar-refractivity contribution in [2.75, 3.05) is 19.6 Å². The number of nitrogens with zero attached hydrogens (tertiary/aromatic N) is 3. The van der Waals surface area contributed by atoms with Crippen LogP contribution < -0.4 is 4.72 Å². The Morgan fingerprint density at radius 3 is 2.86 bits per heavy atom. The fourth-order valence-corrected chi connectivity index (χ4v) is 3.13. The summed E-state index contributed by atoms with van der Waals surface area (Å²) >= 11 is 0. The minimum Gasteiger partial charge on any atom is -0.480 e. The molecular weight excluding hydrogens is 296 g/mol. The van der Waals surface area contributed by atoms with E-state index in [0.29, 0.717) is 19.1 Å². The van der Waals surface area contributed by atoms with Crippen LogP contribution >= 0.6 is 0 Å². The summed E-state index contributed by atoms with van der Waals surface area (Å²) in [6.45, 7) is 3.60. The number of rotatable bonds is 9. The number of carboxylic acids is 1. The molecular formula is C12H20N4O4S. The second kappa shape index (κ2) is 6.54. The number of hydrogen-bond acceptors (Lipinski definition) is 5. The Hall–Kier alpha value is -1.45. The van der Waals surface area contributed by atoms with Crippen molar-refractivity contribution in [3.63, 3.8) is 0 Å². The van der Waals surface area contributed by atoms with Crippen molar-refractivity contribution in [3.8, 4) is 0 Å². The Labute approximate surface area is 123 Å². The molecule has 1 aromatic rings. The van der Waals surface area contributed by atoms with Crippen LogP contribution in [0.5, 0.6) is 0 Å². The second-order valence-corrected chi connectivity index (χ2v) is 6.79.